The van der Waals surface area contributed by atoms with Gasteiger partial charge in [0.15, 0.2) is 17.4 Å². The summed E-state index contributed by atoms with van der Waals surface area (Å²) in [4.78, 5) is 24.5. The molecule has 0 saturated carbocycles. The maximum absolute atomic E-state index is 16.0. The number of nitrogens with zero attached hydrogens (tertiary/aromatic N) is 4. The number of hydrogen-bond acceptors (Lipinski definition) is 13. The summed E-state index contributed by atoms with van der Waals surface area (Å²) in [6.45, 7) is 5.42. The Morgan fingerprint density at radius 2 is 1.98 bits per heavy atom. The number of halogens is 1. The Hall–Kier alpha value is -3.40. The summed E-state index contributed by atoms with van der Waals surface area (Å²) in [5, 5.41) is 23.8. The number of anilines is 1. The Labute approximate surface area is 234 Å². The molecule has 1 fully saturated rings. The number of nitrogens with two attached hydrogens (primary N) is 1. The number of imidazole rings is 1. The molecule has 224 valence electrons. The van der Waals surface area contributed by atoms with Gasteiger partial charge in [0.2, 0.25) is 11.8 Å². The average Bonchev–Trinajstić information content (AvgIpc) is 3.42. The zero-order valence-corrected chi connectivity index (χ0v) is 23.6. The van der Waals surface area contributed by atoms with Gasteiger partial charge in [-0.1, -0.05) is 18.2 Å². The quantitative estimate of drug-likeness (QED) is 0.174. The lowest BCUT2D eigenvalue weighted by Gasteiger charge is -2.27. The van der Waals surface area contributed by atoms with E-state index in [9.17, 15) is 19.6 Å². The highest BCUT2D eigenvalue weighted by Gasteiger charge is 2.57. The number of nitrogen functional groups attached to an aromatic ring is 1. The Bertz CT molecular complexity index is 1410. The molecule has 4 rings (SSSR count). The zero-order valence-electron chi connectivity index (χ0n) is 22.7. The fraction of sp³-hybridized carbons (Fsp3) is 0.500. The third kappa shape index (κ3) is 6.74. The molecular weight excluding hydrogens is 566 g/mol. The summed E-state index contributed by atoms with van der Waals surface area (Å²) in [7, 11) is -4.51. The van der Waals surface area contributed by atoms with E-state index in [4.69, 9.17) is 29.0 Å². The molecule has 1 aliphatic rings. The van der Waals surface area contributed by atoms with Gasteiger partial charge in [0.1, 0.15) is 30.6 Å². The molecule has 1 aromatic carbocycles. The predicted molar refractivity (Wildman–Crippen MR) is 141 cm³/mol. The van der Waals surface area contributed by atoms with Gasteiger partial charge in [0, 0.05) is 0 Å². The minimum absolute atomic E-state index is 0.0413. The standard InChI is InChI=1S/C24H32FN6O9P/c1-5-36-20-16-19(28-23(26)29-20)31(12-27-16)21-17(32)18(33)24(25,39-21)11-37-41(35,40-15-9-7-6-8-10-15)30-14(4)22(34)38-13(2)3/h6-10,12-14,17-18,21,32-33H,5,11H2,1-4H3,(H,30,35)(H2,26,28,29)/t14?,17-,18+,21-,24-,41?/m1/s1. The van der Waals surface area contributed by atoms with Gasteiger partial charge in [-0.3, -0.25) is 13.9 Å². The number of ether oxygens (including phenoxy) is 3. The first-order valence-corrected chi connectivity index (χ1v) is 14.2. The number of aliphatic hydroxyl groups is 2. The molecule has 41 heavy (non-hydrogen) atoms. The van der Waals surface area contributed by atoms with E-state index >= 15 is 4.39 Å². The smallest absolute Gasteiger partial charge is 0.459 e. The number of rotatable bonds is 12. The molecule has 5 N–H and O–H groups in total. The summed E-state index contributed by atoms with van der Waals surface area (Å²) >= 11 is 0. The van der Waals surface area contributed by atoms with Gasteiger partial charge in [0.25, 0.3) is 5.85 Å². The van der Waals surface area contributed by atoms with E-state index in [0.717, 1.165) is 4.57 Å². The number of para-hydroxylation sites is 1. The summed E-state index contributed by atoms with van der Waals surface area (Å²) < 4.78 is 57.7. The normalized spacial score (nSPS) is 24.7. The van der Waals surface area contributed by atoms with Crippen LogP contribution in [0, 0.1) is 0 Å². The number of alkyl halides is 1. The second-order valence-electron chi connectivity index (χ2n) is 9.39. The van der Waals surface area contributed by atoms with E-state index < -0.39 is 56.8 Å². The van der Waals surface area contributed by atoms with Crippen LogP contribution in [0.4, 0.5) is 10.3 Å². The molecule has 17 heteroatoms. The summed E-state index contributed by atoms with van der Waals surface area (Å²) in [6.07, 6.45) is -4.86. The lowest BCUT2D eigenvalue weighted by atomic mass is 10.1. The average molecular weight is 599 g/mol. The Morgan fingerprint density at radius 3 is 2.63 bits per heavy atom. The van der Waals surface area contributed by atoms with Gasteiger partial charge in [-0.25, -0.2) is 13.9 Å². The van der Waals surface area contributed by atoms with Gasteiger partial charge in [-0.2, -0.15) is 15.1 Å². The van der Waals surface area contributed by atoms with Gasteiger partial charge in [0.05, 0.1) is 19.0 Å². The number of carbonyl (C=O) groups excluding carboxylic acids is 1. The number of esters is 1. The third-order valence-electron chi connectivity index (χ3n) is 5.79. The summed E-state index contributed by atoms with van der Waals surface area (Å²) in [5.74, 6) is -3.89. The molecule has 3 heterocycles. The molecule has 1 aliphatic heterocycles. The second-order valence-corrected chi connectivity index (χ2v) is 11.1. The van der Waals surface area contributed by atoms with Crippen LogP contribution in [0.15, 0.2) is 36.7 Å². The van der Waals surface area contributed by atoms with Crippen molar-refractivity contribution in [2.45, 2.75) is 64.1 Å². The van der Waals surface area contributed by atoms with Crippen molar-refractivity contribution in [2.24, 2.45) is 0 Å². The van der Waals surface area contributed by atoms with Crippen molar-refractivity contribution >= 4 is 30.8 Å². The van der Waals surface area contributed by atoms with Crippen molar-refractivity contribution in [1.82, 2.24) is 24.6 Å². The van der Waals surface area contributed by atoms with Gasteiger partial charge < -0.3 is 34.7 Å². The molecule has 0 spiro atoms. The molecular formula is C24H32FN6O9P. The monoisotopic (exact) mass is 598 g/mol. The number of carbonyl (C=O) groups is 1. The number of fused-ring (bicyclic) bond motifs is 1. The fourth-order valence-corrected chi connectivity index (χ4v) is 5.43. The highest BCUT2D eigenvalue weighted by atomic mass is 31.2. The molecule has 3 aromatic rings. The molecule has 2 aromatic heterocycles. The van der Waals surface area contributed by atoms with Crippen LogP contribution in [0.5, 0.6) is 11.6 Å². The predicted octanol–water partition coefficient (Wildman–Crippen LogP) is 1.86. The molecule has 2 unspecified atom stereocenters. The van der Waals surface area contributed by atoms with E-state index in [-0.39, 0.29) is 35.3 Å². The van der Waals surface area contributed by atoms with Crippen molar-refractivity contribution in [3.63, 3.8) is 0 Å². The highest BCUT2D eigenvalue weighted by Crippen LogP contribution is 2.48. The minimum atomic E-state index is -4.51. The molecule has 0 radical (unpaired) electrons. The van der Waals surface area contributed by atoms with Crippen LogP contribution in [-0.4, -0.2) is 79.1 Å². The Morgan fingerprint density at radius 1 is 1.27 bits per heavy atom. The van der Waals surface area contributed by atoms with E-state index in [1.54, 1.807) is 39.0 Å². The number of benzene rings is 1. The van der Waals surface area contributed by atoms with Crippen molar-refractivity contribution in [3.05, 3.63) is 36.7 Å². The number of aliphatic hydroxyl groups excluding tert-OH is 2. The Balaban J connectivity index is 1.57. The van der Waals surface area contributed by atoms with E-state index in [1.807, 2.05) is 0 Å². The fourth-order valence-electron chi connectivity index (χ4n) is 3.93. The topological polar surface area (TPSA) is 202 Å². The third-order valence-corrected chi connectivity index (χ3v) is 7.42. The first-order chi connectivity index (χ1) is 19.4. The van der Waals surface area contributed by atoms with Crippen LogP contribution in [0.2, 0.25) is 0 Å². The van der Waals surface area contributed by atoms with E-state index in [1.165, 1.54) is 25.4 Å². The van der Waals surface area contributed by atoms with Crippen LogP contribution in [0.1, 0.15) is 33.9 Å². The largest absolute Gasteiger partial charge is 0.476 e. The molecule has 6 atom stereocenters. The van der Waals surface area contributed by atoms with Gasteiger partial charge in [-0.05, 0) is 39.8 Å². The lowest BCUT2D eigenvalue weighted by Crippen LogP contribution is -2.44. The SMILES string of the molecule is CCOc1nc(N)nc2c1ncn2[C@@H]1O[C@](F)(COP(=O)(NC(C)C(=O)OC(C)C)Oc2ccccc2)[C@@H](O)[C@H]1O. The summed E-state index contributed by atoms with van der Waals surface area (Å²) in [6, 6.07) is 6.62. The molecule has 0 amide bonds. The van der Waals surface area contributed by atoms with E-state index in [0.29, 0.717) is 0 Å². The highest BCUT2D eigenvalue weighted by molar-refractivity contribution is 7.52. The second kappa shape index (κ2) is 12.2. The first-order valence-electron chi connectivity index (χ1n) is 12.7. The van der Waals surface area contributed by atoms with Crippen molar-refractivity contribution in [2.75, 3.05) is 18.9 Å². The van der Waals surface area contributed by atoms with Crippen molar-refractivity contribution < 1.29 is 47.2 Å². The maximum atomic E-state index is 16.0. The van der Waals surface area contributed by atoms with E-state index in [2.05, 4.69) is 20.0 Å². The molecule has 1 saturated heterocycles. The lowest BCUT2D eigenvalue weighted by molar-refractivity contribution is -0.202. The molecule has 0 aliphatic carbocycles. The van der Waals surface area contributed by atoms with Crippen LogP contribution in [-0.2, 0) is 23.4 Å². The number of nitrogens with one attached hydrogen (secondary N) is 1. The van der Waals surface area contributed by atoms with Gasteiger partial charge >= 0.3 is 13.7 Å². The maximum Gasteiger partial charge on any atom is 0.459 e. The van der Waals surface area contributed by atoms with Crippen LogP contribution in [0.3, 0.4) is 0 Å². The zero-order chi connectivity index (χ0) is 29.9. The number of hydrogen-bond donors (Lipinski definition) is 4. The van der Waals surface area contributed by atoms with Crippen LogP contribution in [0.25, 0.3) is 11.2 Å². The summed E-state index contributed by atoms with van der Waals surface area (Å²) in [5.41, 5.74) is 5.97. The van der Waals surface area contributed by atoms with Crippen LogP contribution >= 0.6 is 7.75 Å². The molecule has 15 nitrogen and oxygen atoms in total. The van der Waals surface area contributed by atoms with Crippen molar-refractivity contribution in [1.29, 1.82) is 0 Å². The van der Waals surface area contributed by atoms with Crippen LogP contribution < -0.4 is 20.1 Å². The minimum Gasteiger partial charge on any atom is -0.476 e. The first kappa shape index (κ1) is 30.6. The molecule has 0 bridgehead atoms. The van der Waals surface area contributed by atoms with Gasteiger partial charge in [-0.15, -0.1) is 0 Å². The Kier molecular flexibility index (Phi) is 9.11. The number of aromatic nitrogens is 4. The van der Waals surface area contributed by atoms with Crippen molar-refractivity contribution in [3.8, 4) is 11.6 Å².